The van der Waals surface area contributed by atoms with E-state index >= 15 is 0 Å². The number of rotatable bonds is 5. The molecule has 4 saturated carbocycles. The monoisotopic (exact) mass is 590 g/mol. The first kappa shape index (κ1) is 29.4. The second-order valence-electron chi connectivity index (χ2n) is 14.9. The van der Waals surface area contributed by atoms with E-state index in [0.29, 0.717) is 36.0 Å². The van der Waals surface area contributed by atoms with Crippen molar-refractivity contribution < 1.29 is 26.9 Å². The molecular weight excluding hydrogens is 545 g/mol. The minimum atomic E-state index is -4.41. The molecule has 41 heavy (non-hydrogen) atoms. The van der Waals surface area contributed by atoms with Crippen LogP contribution in [0.5, 0.6) is 0 Å². The fourth-order valence-electron chi connectivity index (χ4n) is 11.3. The van der Waals surface area contributed by atoms with Gasteiger partial charge in [-0.05, 0) is 110 Å². The first-order chi connectivity index (χ1) is 19.3. The van der Waals surface area contributed by atoms with Crippen LogP contribution in [0, 0.1) is 51.2 Å². The average molecular weight is 591 g/mol. The summed E-state index contributed by atoms with van der Waals surface area (Å²) in [5, 5.41) is 0. The number of hydrogen-bond acceptors (Lipinski definition) is 4. The molecule has 0 saturated heterocycles. The lowest BCUT2D eigenvalue weighted by atomic mass is 9.37. The standard InChI is InChI=1S/C34H45F3O3S/c1-30(2)26-15-18-31(3)24-14-20-33(29(38)39-21-22-9-6-5-7-10-22)17-8-11-25(33)23(24)12-13-27(31)32(26,4)19-16-28(30)40-41-34(35,36)37/h5-7,9-10,16,23-27H,8,11-15,17-21H2,1-4H3. The minimum absolute atomic E-state index is 0.0219. The van der Waals surface area contributed by atoms with Crippen molar-refractivity contribution in [2.75, 3.05) is 0 Å². The first-order valence-electron chi connectivity index (χ1n) is 15.7. The Morgan fingerprint density at radius 1 is 0.902 bits per heavy atom. The number of benzene rings is 1. The van der Waals surface area contributed by atoms with Crippen LogP contribution in [-0.2, 0) is 20.3 Å². The second-order valence-corrected chi connectivity index (χ2v) is 15.7. The molecule has 3 nitrogen and oxygen atoms in total. The molecule has 0 amide bonds. The molecule has 8 atom stereocenters. The summed E-state index contributed by atoms with van der Waals surface area (Å²) in [5.74, 6) is 2.83. The van der Waals surface area contributed by atoms with Crippen molar-refractivity contribution in [2.45, 2.75) is 104 Å². The molecule has 0 N–H and O–H groups in total. The maximum Gasteiger partial charge on any atom is 0.479 e. The van der Waals surface area contributed by atoms with Crippen LogP contribution in [0.3, 0.4) is 0 Å². The number of hydrogen-bond donors (Lipinski definition) is 0. The zero-order valence-corrected chi connectivity index (χ0v) is 25.7. The molecule has 5 aliphatic carbocycles. The van der Waals surface area contributed by atoms with E-state index < -0.39 is 10.9 Å². The third kappa shape index (κ3) is 4.75. The van der Waals surface area contributed by atoms with Gasteiger partial charge in [0.1, 0.15) is 12.4 Å². The van der Waals surface area contributed by atoms with E-state index in [0.717, 1.165) is 69.8 Å². The Bertz CT molecular complexity index is 1180. The molecule has 0 aliphatic heterocycles. The fraction of sp³-hybridized carbons (Fsp3) is 0.735. The molecule has 0 spiro atoms. The van der Waals surface area contributed by atoms with Gasteiger partial charge in [-0.15, -0.1) is 0 Å². The molecule has 7 heteroatoms. The SMILES string of the molecule is CC1(C)C(OSC(F)(F)F)=CCC2(C)C1CCC1(C)C3CCC4(C(=O)OCc5ccccc5)CCCC4C3CCC12. The van der Waals surface area contributed by atoms with E-state index in [4.69, 9.17) is 8.92 Å². The van der Waals surface area contributed by atoms with E-state index in [2.05, 4.69) is 27.7 Å². The number of ether oxygens (including phenoxy) is 1. The van der Waals surface area contributed by atoms with Gasteiger partial charge in [0, 0.05) is 5.41 Å². The summed E-state index contributed by atoms with van der Waals surface area (Å²) >= 11 is -0.376. The number of carbonyl (C=O) groups is 1. The van der Waals surface area contributed by atoms with Gasteiger partial charge in [-0.2, -0.15) is 13.2 Å². The van der Waals surface area contributed by atoms with Gasteiger partial charge in [0.2, 0.25) is 0 Å². The maximum absolute atomic E-state index is 13.8. The molecule has 4 fully saturated rings. The lowest BCUT2D eigenvalue weighted by Crippen LogP contribution is -2.61. The van der Waals surface area contributed by atoms with Crippen molar-refractivity contribution in [1.82, 2.24) is 0 Å². The number of fused-ring (bicyclic) bond motifs is 7. The van der Waals surface area contributed by atoms with E-state index in [1.54, 1.807) is 0 Å². The van der Waals surface area contributed by atoms with Crippen molar-refractivity contribution in [3.05, 3.63) is 47.7 Å². The van der Waals surface area contributed by atoms with Crippen molar-refractivity contribution >= 4 is 18.0 Å². The van der Waals surface area contributed by atoms with Crippen LogP contribution in [-0.4, -0.2) is 11.5 Å². The largest absolute Gasteiger partial charge is 0.479 e. The Morgan fingerprint density at radius 3 is 2.39 bits per heavy atom. The highest BCUT2D eigenvalue weighted by atomic mass is 32.2. The third-order valence-corrected chi connectivity index (χ3v) is 13.3. The highest BCUT2D eigenvalue weighted by molar-refractivity contribution is 7.95. The van der Waals surface area contributed by atoms with Gasteiger partial charge < -0.3 is 8.92 Å². The number of carbonyl (C=O) groups excluding carboxylic acids is 1. The number of alkyl halides is 3. The van der Waals surface area contributed by atoms with Crippen molar-refractivity contribution in [3.8, 4) is 0 Å². The molecule has 0 bridgehead atoms. The Balaban J connectivity index is 1.22. The lowest BCUT2D eigenvalue weighted by Gasteiger charge is -2.68. The maximum atomic E-state index is 13.8. The van der Waals surface area contributed by atoms with Crippen LogP contribution in [0.4, 0.5) is 13.2 Å². The van der Waals surface area contributed by atoms with Crippen molar-refractivity contribution in [3.63, 3.8) is 0 Å². The van der Waals surface area contributed by atoms with Gasteiger partial charge in [-0.3, -0.25) is 4.79 Å². The average Bonchev–Trinajstić information content (AvgIpc) is 3.37. The molecular formula is C34H45F3O3S. The smallest absolute Gasteiger partial charge is 0.460 e. The van der Waals surface area contributed by atoms with E-state index in [-0.39, 0.29) is 40.2 Å². The van der Waals surface area contributed by atoms with Gasteiger partial charge >= 0.3 is 11.5 Å². The summed E-state index contributed by atoms with van der Waals surface area (Å²) in [4.78, 5) is 13.8. The van der Waals surface area contributed by atoms with Gasteiger partial charge in [0.05, 0.1) is 5.41 Å². The van der Waals surface area contributed by atoms with E-state index in [9.17, 15) is 18.0 Å². The molecule has 6 rings (SSSR count). The number of allylic oxidation sites excluding steroid dienone is 2. The van der Waals surface area contributed by atoms with Gasteiger partial charge in [-0.25, -0.2) is 0 Å². The van der Waals surface area contributed by atoms with E-state index in [1.807, 2.05) is 36.4 Å². The zero-order valence-electron chi connectivity index (χ0n) is 24.9. The predicted molar refractivity (Wildman–Crippen MR) is 155 cm³/mol. The summed E-state index contributed by atoms with van der Waals surface area (Å²) in [5.41, 5.74) is -3.95. The lowest BCUT2D eigenvalue weighted by molar-refractivity contribution is -0.194. The van der Waals surface area contributed by atoms with Crippen LogP contribution in [0.15, 0.2) is 42.2 Å². The second kappa shape index (κ2) is 10.2. The van der Waals surface area contributed by atoms with Crippen molar-refractivity contribution in [2.24, 2.45) is 51.2 Å². The molecule has 226 valence electrons. The van der Waals surface area contributed by atoms with Gasteiger partial charge in [0.15, 0.2) is 12.0 Å². The van der Waals surface area contributed by atoms with Crippen molar-refractivity contribution in [1.29, 1.82) is 0 Å². The normalized spacial score (nSPS) is 41.2. The first-order valence-corrected chi connectivity index (χ1v) is 16.4. The van der Waals surface area contributed by atoms with Gasteiger partial charge in [0.25, 0.3) is 0 Å². The van der Waals surface area contributed by atoms with E-state index in [1.165, 1.54) is 0 Å². The zero-order chi connectivity index (χ0) is 29.3. The molecule has 5 aliphatic rings. The van der Waals surface area contributed by atoms with Crippen LogP contribution < -0.4 is 0 Å². The summed E-state index contributed by atoms with van der Waals surface area (Å²) in [6.45, 7) is 9.45. The quantitative estimate of drug-likeness (QED) is 0.253. The Hall–Kier alpha value is -1.63. The minimum Gasteiger partial charge on any atom is -0.460 e. The molecule has 1 aromatic rings. The number of esters is 1. The Morgan fingerprint density at radius 2 is 1.66 bits per heavy atom. The fourth-order valence-corrected chi connectivity index (χ4v) is 11.7. The Labute approximate surface area is 247 Å². The van der Waals surface area contributed by atoms with Crippen LogP contribution in [0.1, 0.15) is 97.5 Å². The molecule has 0 aromatic heterocycles. The summed E-state index contributed by atoms with van der Waals surface area (Å²) in [6.07, 6.45) is 12.3. The third-order valence-electron chi connectivity index (χ3n) is 12.9. The van der Waals surface area contributed by atoms with Crippen LogP contribution in [0.2, 0.25) is 0 Å². The summed E-state index contributed by atoms with van der Waals surface area (Å²) < 4.78 is 50.3. The van der Waals surface area contributed by atoms with Crippen LogP contribution in [0.25, 0.3) is 0 Å². The highest BCUT2D eigenvalue weighted by Crippen LogP contribution is 2.73. The molecule has 1 aromatic carbocycles. The topological polar surface area (TPSA) is 35.5 Å². The molecule has 8 unspecified atom stereocenters. The molecule has 0 radical (unpaired) electrons. The summed E-state index contributed by atoms with van der Waals surface area (Å²) in [6, 6.07) is 9.97. The predicted octanol–water partition coefficient (Wildman–Crippen LogP) is 9.87. The number of halogens is 3. The molecule has 0 heterocycles. The highest BCUT2D eigenvalue weighted by Gasteiger charge is 2.67. The van der Waals surface area contributed by atoms with Crippen LogP contribution >= 0.6 is 12.0 Å². The van der Waals surface area contributed by atoms with Gasteiger partial charge in [-0.1, -0.05) is 64.4 Å². The Kier molecular flexibility index (Phi) is 7.35. The summed E-state index contributed by atoms with van der Waals surface area (Å²) in [7, 11) is 0.